The van der Waals surface area contributed by atoms with Gasteiger partial charge in [-0.2, -0.15) is 0 Å². The molecular weight excluding hydrogens is 280 g/mol. The lowest BCUT2D eigenvalue weighted by atomic mass is 10.3. The minimum atomic E-state index is -0.141. The van der Waals surface area contributed by atoms with Crippen LogP contribution in [0.25, 0.3) is 0 Å². The van der Waals surface area contributed by atoms with Crippen LogP contribution in [0.2, 0.25) is 0 Å². The Morgan fingerprint density at radius 2 is 1.95 bits per heavy atom. The maximum absolute atomic E-state index is 11.8. The van der Waals surface area contributed by atoms with Crippen molar-refractivity contribution in [3.8, 4) is 0 Å². The first-order valence-corrected chi connectivity index (χ1v) is 7.71. The Morgan fingerprint density at radius 1 is 1.18 bits per heavy atom. The number of amides is 1. The third-order valence-corrected chi connectivity index (χ3v) is 2.74. The molecule has 1 rings (SSSR count). The Kier molecular flexibility index (Phi) is 9.45. The van der Waals surface area contributed by atoms with Crippen molar-refractivity contribution >= 4 is 17.6 Å². The smallest absolute Gasteiger partial charge is 0.246 e. The van der Waals surface area contributed by atoms with E-state index in [1.165, 1.54) is 0 Å². The van der Waals surface area contributed by atoms with Crippen LogP contribution >= 0.6 is 0 Å². The highest BCUT2D eigenvalue weighted by Gasteiger charge is 2.02. The normalized spacial score (nSPS) is 11.1. The zero-order chi connectivity index (χ0) is 16.0. The van der Waals surface area contributed by atoms with E-state index in [-0.39, 0.29) is 12.5 Å². The number of benzene rings is 1. The van der Waals surface area contributed by atoms with Gasteiger partial charge in [0.2, 0.25) is 5.91 Å². The summed E-state index contributed by atoms with van der Waals surface area (Å²) in [5.74, 6) is 0.500. The first-order chi connectivity index (χ1) is 10.8. The van der Waals surface area contributed by atoms with Crippen LogP contribution in [0.4, 0.5) is 5.69 Å². The van der Waals surface area contributed by atoms with E-state index < -0.39 is 0 Å². The highest BCUT2D eigenvalue weighted by Crippen LogP contribution is 2.04. The molecule has 0 aromatic heterocycles. The zero-order valence-corrected chi connectivity index (χ0v) is 13.4. The number of anilines is 1. The SMILES string of the molecule is CCNC(=NCC(=O)Nc1ccccc1)NCCCOCC. The number of carbonyl (C=O) groups excluding carboxylic acids is 1. The molecule has 6 nitrogen and oxygen atoms in total. The molecule has 122 valence electrons. The van der Waals surface area contributed by atoms with Crippen molar-refractivity contribution in [1.82, 2.24) is 10.6 Å². The highest BCUT2D eigenvalue weighted by molar-refractivity contribution is 5.94. The van der Waals surface area contributed by atoms with Crippen LogP contribution in [0, 0.1) is 0 Å². The van der Waals surface area contributed by atoms with Gasteiger partial charge >= 0.3 is 0 Å². The Bertz CT molecular complexity index is 449. The van der Waals surface area contributed by atoms with Crippen molar-refractivity contribution in [3.63, 3.8) is 0 Å². The Balaban J connectivity index is 2.35. The van der Waals surface area contributed by atoms with Gasteiger partial charge in [-0.3, -0.25) is 4.79 Å². The van der Waals surface area contributed by atoms with Gasteiger partial charge in [0.15, 0.2) is 5.96 Å². The Hall–Kier alpha value is -2.08. The number of para-hydroxylation sites is 1. The molecule has 1 aromatic carbocycles. The quantitative estimate of drug-likeness (QED) is 0.368. The molecule has 0 aliphatic heterocycles. The lowest BCUT2D eigenvalue weighted by Gasteiger charge is -2.11. The minimum Gasteiger partial charge on any atom is -0.382 e. The topological polar surface area (TPSA) is 74.8 Å². The summed E-state index contributed by atoms with van der Waals surface area (Å²) >= 11 is 0. The van der Waals surface area contributed by atoms with Crippen molar-refractivity contribution in [2.45, 2.75) is 20.3 Å². The predicted octanol–water partition coefficient (Wildman–Crippen LogP) is 1.61. The molecule has 6 heteroatoms. The van der Waals surface area contributed by atoms with Gasteiger partial charge in [-0.25, -0.2) is 4.99 Å². The van der Waals surface area contributed by atoms with Gasteiger partial charge < -0.3 is 20.7 Å². The van der Waals surface area contributed by atoms with Gasteiger partial charge in [0.25, 0.3) is 0 Å². The fourth-order valence-electron chi connectivity index (χ4n) is 1.74. The molecule has 1 amide bonds. The number of aliphatic imine (C=N–C) groups is 1. The van der Waals surface area contributed by atoms with Crippen molar-refractivity contribution in [2.75, 3.05) is 38.2 Å². The predicted molar refractivity (Wildman–Crippen MR) is 90.2 cm³/mol. The molecule has 0 saturated carbocycles. The lowest BCUT2D eigenvalue weighted by Crippen LogP contribution is -2.38. The Morgan fingerprint density at radius 3 is 2.64 bits per heavy atom. The van der Waals surface area contributed by atoms with E-state index in [0.29, 0.717) is 5.96 Å². The number of carbonyl (C=O) groups is 1. The van der Waals surface area contributed by atoms with E-state index in [1.54, 1.807) is 0 Å². The van der Waals surface area contributed by atoms with E-state index in [9.17, 15) is 4.79 Å². The molecule has 0 atom stereocenters. The second-order valence-corrected chi connectivity index (χ2v) is 4.59. The largest absolute Gasteiger partial charge is 0.382 e. The van der Waals surface area contributed by atoms with E-state index in [1.807, 2.05) is 44.2 Å². The number of hydrogen-bond acceptors (Lipinski definition) is 3. The van der Waals surface area contributed by atoms with Crippen molar-refractivity contribution in [3.05, 3.63) is 30.3 Å². The van der Waals surface area contributed by atoms with Crippen molar-refractivity contribution in [1.29, 1.82) is 0 Å². The number of nitrogens with one attached hydrogen (secondary N) is 3. The van der Waals surface area contributed by atoms with Gasteiger partial charge in [0.05, 0.1) is 0 Å². The standard InChI is InChI=1S/C16H26N4O2/c1-3-17-16(18-11-8-12-22-4-2)19-13-15(21)20-14-9-6-5-7-10-14/h5-7,9-10H,3-4,8,11-13H2,1-2H3,(H,20,21)(H2,17,18,19). The van der Waals surface area contributed by atoms with Gasteiger partial charge in [-0.15, -0.1) is 0 Å². The summed E-state index contributed by atoms with van der Waals surface area (Å²) < 4.78 is 5.28. The minimum absolute atomic E-state index is 0.0791. The summed E-state index contributed by atoms with van der Waals surface area (Å²) in [6.45, 7) is 7.00. The average molecular weight is 306 g/mol. The maximum atomic E-state index is 11.8. The van der Waals surface area contributed by atoms with Crippen molar-refractivity contribution in [2.24, 2.45) is 4.99 Å². The van der Waals surface area contributed by atoms with Crippen LogP contribution in [-0.4, -0.2) is 44.7 Å². The third-order valence-electron chi connectivity index (χ3n) is 2.74. The monoisotopic (exact) mass is 306 g/mol. The summed E-state index contributed by atoms with van der Waals surface area (Å²) in [4.78, 5) is 16.1. The van der Waals surface area contributed by atoms with Gasteiger partial charge in [0, 0.05) is 32.0 Å². The summed E-state index contributed by atoms with van der Waals surface area (Å²) in [6, 6.07) is 9.35. The van der Waals surface area contributed by atoms with Gasteiger partial charge in [-0.1, -0.05) is 18.2 Å². The van der Waals surface area contributed by atoms with Crippen molar-refractivity contribution < 1.29 is 9.53 Å². The van der Waals surface area contributed by atoms with Gasteiger partial charge in [-0.05, 0) is 32.4 Å². The van der Waals surface area contributed by atoms with Crippen LogP contribution in [0.5, 0.6) is 0 Å². The van der Waals surface area contributed by atoms with Crippen LogP contribution in [0.1, 0.15) is 20.3 Å². The average Bonchev–Trinajstić information content (AvgIpc) is 2.53. The molecule has 22 heavy (non-hydrogen) atoms. The molecule has 0 radical (unpaired) electrons. The van der Waals surface area contributed by atoms with Crippen LogP contribution in [-0.2, 0) is 9.53 Å². The molecule has 0 aliphatic rings. The maximum Gasteiger partial charge on any atom is 0.246 e. The molecule has 0 bridgehead atoms. The Labute approximate surface area is 132 Å². The van der Waals surface area contributed by atoms with E-state index in [2.05, 4.69) is 20.9 Å². The van der Waals surface area contributed by atoms with Gasteiger partial charge in [0.1, 0.15) is 6.54 Å². The van der Waals surface area contributed by atoms with Crippen LogP contribution in [0.15, 0.2) is 35.3 Å². The number of hydrogen-bond donors (Lipinski definition) is 3. The highest BCUT2D eigenvalue weighted by atomic mass is 16.5. The van der Waals surface area contributed by atoms with E-state index in [0.717, 1.165) is 38.4 Å². The molecule has 0 saturated heterocycles. The van der Waals surface area contributed by atoms with Crippen LogP contribution < -0.4 is 16.0 Å². The van der Waals surface area contributed by atoms with E-state index >= 15 is 0 Å². The molecule has 0 spiro atoms. The lowest BCUT2D eigenvalue weighted by molar-refractivity contribution is -0.114. The summed E-state index contributed by atoms with van der Waals surface area (Å²) in [5, 5.41) is 9.09. The molecular formula is C16H26N4O2. The second-order valence-electron chi connectivity index (χ2n) is 4.59. The fourth-order valence-corrected chi connectivity index (χ4v) is 1.74. The first kappa shape index (κ1) is 18.0. The number of rotatable bonds is 9. The molecule has 3 N–H and O–H groups in total. The molecule has 0 fully saturated rings. The summed E-state index contributed by atoms with van der Waals surface area (Å²) in [7, 11) is 0. The second kappa shape index (κ2) is 11.6. The molecule has 0 aliphatic carbocycles. The third kappa shape index (κ3) is 8.26. The van der Waals surface area contributed by atoms with Crippen LogP contribution in [0.3, 0.4) is 0 Å². The number of guanidine groups is 1. The molecule has 1 aromatic rings. The molecule has 0 unspecified atom stereocenters. The number of ether oxygens (including phenoxy) is 1. The molecule has 0 heterocycles. The van der Waals surface area contributed by atoms with E-state index in [4.69, 9.17) is 4.74 Å². The first-order valence-electron chi connectivity index (χ1n) is 7.71. The fraction of sp³-hybridized carbons (Fsp3) is 0.500. The summed E-state index contributed by atoms with van der Waals surface area (Å²) in [6.07, 6.45) is 0.897. The zero-order valence-electron chi connectivity index (χ0n) is 13.4. The number of nitrogens with zero attached hydrogens (tertiary/aromatic N) is 1. The summed E-state index contributed by atoms with van der Waals surface area (Å²) in [5.41, 5.74) is 0.775.